The van der Waals surface area contributed by atoms with Crippen molar-refractivity contribution >= 4 is 18.0 Å². The average Bonchev–Trinajstić information content (AvgIpc) is 2.67. The number of methoxy groups -OCH3 is 1. The molecule has 0 unspecified atom stereocenters. The monoisotopic (exact) mass is 357 g/mol. The Hall–Kier alpha value is -2.56. The number of carbonyl (C=O) groups is 2. The van der Waals surface area contributed by atoms with E-state index in [1.165, 1.54) is 24.5 Å². The van der Waals surface area contributed by atoms with Crippen molar-refractivity contribution in [3.63, 3.8) is 0 Å². The van der Waals surface area contributed by atoms with Gasteiger partial charge in [-0.15, -0.1) is 0 Å². The van der Waals surface area contributed by atoms with Crippen LogP contribution in [0.2, 0.25) is 0 Å². The fraction of sp³-hybridized carbons (Fsp3) is 0.429. The molecule has 26 heavy (non-hydrogen) atoms. The molecule has 0 heterocycles. The number of nitrogens with one attached hydrogen (secondary N) is 1. The van der Waals surface area contributed by atoms with Gasteiger partial charge in [0.1, 0.15) is 5.75 Å². The highest BCUT2D eigenvalue weighted by Crippen LogP contribution is 2.19. The van der Waals surface area contributed by atoms with Crippen molar-refractivity contribution in [2.75, 3.05) is 13.7 Å². The molecule has 0 aromatic heterocycles. The maximum Gasteiger partial charge on any atom is 0.331 e. The van der Waals surface area contributed by atoms with Crippen molar-refractivity contribution in [1.29, 1.82) is 0 Å². The third kappa shape index (κ3) is 6.75. The first-order valence-electron chi connectivity index (χ1n) is 9.07. The van der Waals surface area contributed by atoms with E-state index in [2.05, 4.69) is 11.4 Å². The van der Waals surface area contributed by atoms with Crippen LogP contribution in [0.1, 0.15) is 44.6 Å². The number of esters is 1. The number of carbonyl (C=O) groups excluding carboxylic acids is 2. The number of amides is 1. The van der Waals surface area contributed by atoms with E-state index in [-0.39, 0.29) is 5.91 Å². The van der Waals surface area contributed by atoms with Gasteiger partial charge in [0.15, 0.2) is 6.10 Å². The van der Waals surface area contributed by atoms with E-state index in [0.717, 1.165) is 30.6 Å². The average molecular weight is 357 g/mol. The van der Waals surface area contributed by atoms with E-state index in [1.807, 2.05) is 24.3 Å². The highest BCUT2D eigenvalue weighted by molar-refractivity contribution is 5.90. The molecule has 0 saturated heterocycles. The van der Waals surface area contributed by atoms with Gasteiger partial charge in [0.2, 0.25) is 0 Å². The number of rotatable bonds is 8. The van der Waals surface area contributed by atoms with Crippen LogP contribution in [0.25, 0.3) is 6.08 Å². The van der Waals surface area contributed by atoms with Crippen LogP contribution in [0.15, 0.2) is 42.0 Å². The number of benzene rings is 1. The summed E-state index contributed by atoms with van der Waals surface area (Å²) in [6.45, 7) is 2.16. The first-order chi connectivity index (χ1) is 12.6. The Morgan fingerprint density at radius 3 is 2.65 bits per heavy atom. The summed E-state index contributed by atoms with van der Waals surface area (Å²) in [5.41, 5.74) is 2.25. The Labute approximate surface area is 155 Å². The second kappa shape index (κ2) is 10.4. The molecule has 0 spiro atoms. The Kier molecular flexibility index (Phi) is 7.93. The van der Waals surface area contributed by atoms with Crippen molar-refractivity contribution in [2.45, 2.75) is 45.1 Å². The van der Waals surface area contributed by atoms with E-state index in [0.29, 0.717) is 6.54 Å². The molecule has 1 aromatic rings. The molecule has 5 heteroatoms. The summed E-state index contributed by atoms with van der Waals surface area (Å²) in [4.78, 5) is 23.9. The van der Waals surface area contributed by atoms with Crippen LogP contribution < -0.4 is 10.1 Å². The number of ether oxygens (including phenoxy) is 2. The van der Waals surface area contributed by atoms with Gasteiger partial charge in [-0.05, 0) is 62.8 Å². The minimum Gasteiger partial charge on any atom is -0.497 e. The lowest BCUT2D eigenvalue weighted by molar-refractivity contribution is -0.150. The lowest BCUT2D eigenvalue weighted by atomic mass is 9.97. The van der Waals surface area contributed by atoms with Crippen molar-refractivity contribution in [3.8, 4) is 5.75 Å². The van der Waals surface area contributed by atoms with Gasteiger partial charge in [0.25, 0.3) is 5.91 Å². The molecule has 140 valence electrons. The zero-order valence-corrected chi connectivity index (χ0v) is 15.5. The van der Waals surface area contributed by atoms with Gasteiger partial charge in [-0.25, -0.2) is 4.79 Å². The molecule has 1 aromatic carbocycles. The molecular formula is C21H27NO4. The van der Waals surface area contributed by atoms with Gasteiger partial charge >= 0.3 is 5.97 Å². The largest absolute Gasteiger partial charge is 0.497 e. The molecule has 1 aliphatic rings. The van der Waals surface area contributed by atoms with Gasteiger partial charge in [-0.3, -0.25) is 4.79 Å². The maximum atomic E-state index is 12.0. The lowest BCUT2D eigenvalue weighted by Gasteiger charge is -2.15. The second-order valence-electron chi connectivity index (χ2n) is 6.33. The van der Waals surface area contributed by atoms with Crippen molar-refractivity contribution < 1.29 is 19.1 Å². The van der Waals surface area contributed by atoms with Gasteiger partial charge < -0.3 is 14.8 Å². The Balaban J connectivity index is 1.71. The smallest absolute Gasteiger partial charge is 0.331 e. The van der Waals surface area contributed by atoms with Crippen molar-refractivity contribution in [1.82, 2.24) is 5.32 Å². The number of hydrogen-bond donors (Lipinski definition) is 1. The minimum absolute atomic E-state index is 0.271. The summed E-state index contributed by atoms with van der Waals surface area (Å²) in [5.74, 6) is -0.0647. The van der Waals surface area contributed by atoms with Gasteiger partial charge in [-0.1, -0.05) is 23.8 Å². The maximum absolute atomic E-state index is 12.0. The fourth-order valence-electron chi connectivity index (χ4n) is 2.77. The van der Waals surface area contributed by atoms with Crippen LogP contribution in [0, 0.1) is 0 Å². The molecule has 0 bridgehead atoms. The zero-order chi connectivity index (χ0) is 18.8. The summed E-state index contributed by atoms with van der Waals surface area (Å²) in [6.07, 6.45) is 10.0. The summed E-state index contributed by atoms with van der Waals surface area (Å²) in [6, 6.07) is 7.28. The van der Waals surface area contributed by atoms with Crippen molar-refractivity contribution in [2.24, 2.45) is 0 Å². The van der Waals surface area contributed by atoms with Crippen molar-refractivity contribution in [3.05, 3.63) is 47.6 Å². The van der Waals surface area contributed by atoms with E-state index in [9.17, 15) is 9.59 Å². The first kappa shape index (κ1) is 19.8. The lowest BCUT2D eigenvalue weighted by Crippen LogP contribution is -2.36. The number of allylic oxidation sites excluding steroid dienone is 1. The molecule has 0 saturated carbocycles. The van der Waals surface area contributed by atoms with E-state index in [1.54, 1.807) is 20.1 Å². The number of hydrogen-bond acceptors (Lipinski definition) is 4. The predicted molar refractivity (Wildman–Crippen MR) is 102 cm³/mol. The Bertz CT molecular complexity index is 661. The molecule has 0 aliphatic heterocycles. The van der Waals surface area contributed by atoms with Crippen LogP contribution in [0.5, 0.6) is 5.75 Å². The Morgan fingerprint density at radius 1 is 1.23 bits per heavy atom. The molecule has 1 amide bonds. The minimum atomic E-state index is -0.816. The normalized spacial score (nSPS) is 15.2. The third-order valence-corrected chi connectivity index (χ3v) is 4.32. The summed E-state index contributed by atoms with van der Waals surface area (Å²) >= 11 is 0. The van der Waals surface area contributed by atoms with Gasteiger partial charge in [0.05, 0.1) is 7.11 Å². The molecule has 1 atom stereocenters. The van der Waals surface area contributed by atoms with E-state index >= 15 is 0 Å². The van der Waals surface area contributed by atoms with Gasteiger partial charge in [0, 0.05) is 12.6 Å². The van der Waals surface area contributed by atoms with Crippen LogP contribution in [0.4, 0.5) is 0 Å². The topological polar surface area (TPSA) is 64.6 Å². The first-order valence-corrected chi connectivity index (χ1v) is 9.07. The summed E-state index contributed by atoms with van der Waals surface area (Å²) < 4.78 is 10.2. The third-order valence-electron chi connectivity index (χ3n) is 4.32. The quantitative estimate of drug-likeness (QED) is 0.438. The van der Waals surface area contributed by atoms with Crippen LogP contribution >= 0.6 is 0 Å². The molecule has 0 fully saturated rings. The molecular weight excluding hydrogens is 330 g/mol. The van der Waals surface area contributed by atoms with Crippen LogP contribution in [0.3, 0.4) is 0 Å². The molecule has 1 N–H and O–H groups in total. The highest BCUT2D eigenvalue weighted by Gasteiger charge is 2.16. The zero-order valence-electron chi connectivity index (χ0n) is 15.5. The fourth-order valence-corrected chi connectivity index (χ4v) is 2.77. The summed E-state index contributed by atoms with van der Waals surface area (Å²) in [5, 5.41) is 2.83. The van der Waals surface area contributed by atoms with E-state index in [4.69, 9.17) is 9.47 Å². The van der Waals surface area contributed by atoms with Crippen LogP contribution in [-0.2, 0) is 14.3 Å². The SMILES string of the molecule is COc1ccc(/C=C/C(=O)O[C@H](C)C(=O)NCCC2=CCCCC2)cc1. The molecule has 1 aliphatic carbocycles. The van der Waals surface area contributed by atoms with Gasteiger partial charge in [-0.2, -0.15) is 0 Å². The van der Waals surface area contributed by atoms with Crippen LogP contribution in [-0.4, -0.2) is 31.6 Å². The highest BCUT2D eigenvalue weighted by atomic mass is 16.5. The predicted octanol–water partition coefficient (Wildman–Crippen LogP) is 3.65. The molecule has 5 nitrogen and oxygen atoms in total. The Morgan fingerprint density at radius 2 is 2.00 bits per heavy atom. The second-order valence-corrected chi connectivity index (χ2v) is 6.33. The summed E-state index contributed by atoms with van der Waals surface area (Å²) in [7, 11) is 1.60. The van der Waals surface area contributed by atoms with E-state index < -0.39 is 12.1 Å². The standard InChI is InChI=1S/C21H27NO4/c1-16(21(24)22-15-14-17-6-4-3-5-7-17)26-20(23)13-10-18-8-11-19(25-2)12-9-18/h6,8-13,16H,3-5,7,14-15H2,1-2H3,(H,22,24)/b13-10+/t16-/m1/s1. The molecule has 2 rings (SSSR count). The molecule has 0 radical (unpaired) electrons.